The van der Waals surface area contributed by atoms with Gasteiger partial charge in [-0.1, -0.05) is 36.7 Å². The number of halogens is 1. The summed E-state index contributed by atoms with van der Waals surface area (Å²) in [7, 11) is 1.67. The third-order valence-electron chi connectivity index (χ3n) is 4.28. The highest BCUT2D eigenvalue weighted by Gasteiger charge is 2.19. The predicted molar refractivity (Wildman–Crippen MR) is 105 cm³/mol. The lowest BCUT2D eigenvalue weighted by atomic mass is 10.1. The number of aromatic nitrogens is 2. The summed E-state index contributed by atoms with van der Waals surface area (Å²) in [5, 5.41) is 4.59. The number of methoxy groups -OCH3 is 1. The van der Waals surface area contributed by atoms with Gasteiger partial charge in [-0.3, -0.25) is 9.36 Å². The molecule has 6 heteroatoms. The Morgan fingerprint density at radius 2 is 2.04 bits per heavy atom. The largest absolute Gasteiger partial charge is 0.383 e. The standard InChI is InChI=1S/C20H22ClN3O2/c1-3-17(22-11-12-26-2)19-23-18-10-5-4-9-16(18)20(25)24(19)15-8-6-7-14(21)13-15/h4-10,13,17,22H,3,11-12H2,1-2H3. The zero-order chi connectivity index (χ0) is 18.5. The van der Waals surface area contributed by atoms with E-state index in [2.05, 4.69) is 12.2 Å². The van der Waals surface area contributed by atoms with Crippen LogP contribution in [0.3, 0.4) is 0 Å². The van der Waals surface area contributed by atoms with E-state index in [1.54, 1.807) is 29.9 Å². The monoisotopic (exact) mass is 371 g/mol. The number of nitrogens with one attached hydrogen (secondary N) is 1. The number of hydrogen-bond acceptors (Lipinski definition) is 4. The Hall–Kier alpha value is -2.21. The van der Waals surface area contributed by atoms with Gasteiger partial charge < -0.3 is 10.1 Å². The van der Waals surface area contributed by atoms with E-state index < -0.39 is 0 Å². The van der Waals surface area contributed by atoms with E-state index in [4.69, 9.17) is 21.3 Å². The van der Waals surface area contributed by atoms with Crippen molar-refractivity contribution in [2.75, 3.05) is 20.3 Å². The molecule has 3 aromatic rings. The Bertz CT molecular complexity index is 955. The summed E-state index contributed by atoms with van der Waals surface area (Å²) in [6.45, 7) is 3.33. The third-order valence-corrected chi connectivity index (χ3v) is 4.52. The minimum absolute atomic E-state index is 0.0820. The average molecular weight is 372 g/mol. The van der Waals surface area contributed by atoms with Gasteiger partial charge in [0.05, 0.1) is 29.2 Å². The van der Waals surface area contributed by atoms with Gasteiger partial charge in [-0.25, -0.2) is 4.98 Å². The second-order valence-electron chi connectivity index (χ2n) is 6.02. The van der Waals surface area contributed by atoms with Gasteiger partial charge in [0.15, 0.2) is 0 Å². The third kappa shape index (κ3) is 3.80. The van der Waals surface area contributed by atoms with Crippen molar-refractivity contribution in [2.24, 2.45) is 0 Å². The number of rotatable bonds is 7. The number of nitrogens with zero attached hydrogens (tertiary/aromatic N) is 2. The fourth-order valence-electron chi connectivity index (χ4n) is 3.00. The van der Waals surface area contributed by atoms with Crippen LogP contribution in [0, 0.1) is 0 Å². The summed E-state index contributed by atoms with van der Waals surface area (Å²) in [6, 6.07) is 14.6. The first kappa shape index (κ1) is 18.6. The molecule has 1 atom stereocenters. The number of fused-ring (bicyclic) bond motifs is 1. The van der Waals surface area contributed by atoms with Crippen molar-refractivity contribution >= 4 is 22.5 Å². The summed E-state index contributed by atoms with van der Waals surface area (Å²) in [5.41, 5.74) is 1.31. The molecule has 0 saturated carbocycles. The molecule has 1 unspecified atom stereocenters. The molecule has 0 aliphatic carbocycles. The van der Waals surface area contributed by atoms with Crippen LogP contribution < -0.4 is 10.9 Å². The summed E-state index contributed by atoms with van der Waals surface area (Å²) < 4.78 is 6.78. The van der Waals surface area contributed by atoms with E-state index >= 15 is 0 Å². The zero-order valence-electron chi connectivity index (χ0n) is 14.9. The molecule has 0 bridgehead atoms. The van der Waals surface area contributed by atoms with Gasteiger partial charge in [0, 0.05) is 18.7 Å². The van der Waals surface area contributed by atoms with Crippen LogP contribution in [0.4, 0.5) is 0 Å². The summed E-state index contributed by atoms with van der Waals surface area (Å²) in [5.74, 6) is 0.676. The first-order chi connectivity index (χ1) is 12.7. The lowest BCUT2D eigenvalue weighted by molar-refractivity contribution is 0.194. The molecule has 0 saturated heterocycles. The average Bonchev–Trinajstić information content (AvgIpc) is 2.65. The highest BCUT2D eigenvalue weighted by Crippen LogP contribution is 2.22. The van der Waals surface area contributed by atoms with Crippen LogP contribution >= 0.6 is 11.6 Å². The molecule has 0 aliphatic heterocycles. The minimum Gasteiger partial charge on any atom is -0.383 e. The lowest BCUT2D eigenvalue weighted by Crippen LogP contribution is -2.32. The van der Waals surface area contributed by atoms with E-state index in [1.807, 2.05) is 30.3 Å². The summed E-state index contributed by atoms with van der Waals surface area (Å²) >= 11 is 6.17. The second kappa shape index (κ2) is 8.45. The second-order valence-corrected chi connectivity index (χ2v) is 6.45. The number of para-hydroxylation sites is 1. The molecule has 0 radical (unpaired) electrons. The van der Waals surface area contributed by atoms with Crippen molar-refractivity contribution in [1.29, 1.82) is 0 Å². The van der Waals surface area contributed by atoms with Gasteiger partial charge in [-0.2, -0.15) is 0 Å². The summed E-state index contributed by atoms with van der Waals surface area (Å²) in [6.07, 6.45) is 0.787. The van der Waals surface area contributed by atoms with E-state index in [-0.39, 0.29) is 11.6 Å². The van der Waals surface area contributed by atoms with Gasteiger partial charge in [0.1, 0.15) is 5.82 Å². The molecular formula is C20H22ClN3O2. The Morgan fingerprint density at radius 1 is 1.23 bits per heavy atom. The van der Waals surface area contributed by atoms with E-state index in [1.165, 1.54) is 0 Å². The molecule has 136 valence electrons. The SMILES string of the molecule is CCC(NCCOC)c1nc2ccccc2c(=O)n1-c1cccc(Cl)c1. The van der Waals surface area contributed by atoms with Crippen molar-refractivity contribution in [3.05, 3.63) is 69.7 Å². The topological polar surface area (TPSA) is 56.1 Å². The molecule has 0 fully saturated rings. The van der Waals surface area contributed by atoms with Crippen LogP contribution in [-0.4, -0.2) is 29.8 Å². The van der Waals surface area contributed by atoms with Gasteiger partial charge in [-0.15, -0.1) is 0 Å². The molecule has 1 N–H and O–H groups in total. The van der Waals surface area contributed by atoms with Gasteiger partial charge in [-0.05, 0) is 36.8 Å². The van der Waals surface area contributed by atoms with Crippen LogP contribution in [0.2, 0.25) is 5.02 Å². The van der Waals surface area contributed by atoms with Gasteiger partial charge in [0.25, 0.3) is 5.56 Å². The predicted octanol–water partition coefficient (Wildman–Crippen LogP) is 3.73. The molecule has 0 spiro atoms. The first-order valence-corrected chi connectivity index (χ1v) is 9.03. The fourth-order valence-corrected chi connectivity index (χ4v) is 3.19. The molecule has 5 nitrogen and oxygen atoms in total. The Kier molecular flexibility index (Phi) is 6.04. The minimum atomic E-state index is -0.0974. The molecule has 1 heterocycles. The van der Waals surface area contributed by atoms with Gasteiger partial charge >= 0.3 is 0 Å². The van der Waals surface area contributed by atoms with Gasteiger partial charge in [0.2, 0.25) is 0 Å². The van der Waals surface area contributed by atoms with Crippen molar-refractivity contribution in [2.45, 2.75) is 19.4 Å². The molecule has 26 heavy (non-hydrogen) atoms. The maximum Gasteiger partial charge on any atom is 0.266 e. The van der Waals surface area contributed by atoms with E-state index in [9.17, 15) is 4.79 Å². The quantitative estimate of drug-likeness (QED) is 0.643. The highest BCUT2D eigenvalue weighted by molar-refractivity contribution is 6.30. The summed E-state index contributed by atoms with van der Waals surface area (Å²) in [4.78, 5) is 18.0. The molecule has 0 amide bonds. The van der Waals surface area contributed by atoms with Crippen molar-refractivity contribution in [3.63, 3.8) is 0 Å². The molecule has 1 aromatic heterocycles. The zero-order valence-corrected chi connectivity index (χ0v) is 15.7. The van der Waals surface area contributed by atoms with Crippen LogP contribution in [0.15, 0.2) is 53.3 Å². The highest BCUT2D eigenvalue weighted by atomic mass is 35.5. The molecule has 3 rings (SSSR count). The van der Waals surface area contributed by atoms with E-state index in [0.29, 0.717) is 40.6 Å². The number of benzene rings is 2. The Morgan fingerprint density at radius 3 is 2.77 bits per heavy atom. The molecule has 2 aromatic carbocycles. The fraction of sp³-hybridized carbons (Fsp3) is 0.300. The van der Waals surface area contributed by atoms with Crippen molar-refractivity contribution in [3.8, 4) is 5.69 Å². The normalized spacial score (nSPS) is 12.4. The molecule has 0 aliphatic rings. The maximum absolute atomic E-state index is 13.2. The number of hydrogen-bond donors (Lipinski definition) is 1. The van der Waals surface area contributed by atoms with Crippen LogP contribution in [0.5, 0.6) is 0 Å². The maximum atomic E-state index is 13.2. The van der Waals surface area contributed by atoms with Crippen molar-refractivity contribution < 1.29 is 4.74 Å². The van der Waals surface area contributed by atoms with Crippen LogP contribution in [0.1, 0.15) is 25.2 Å². The Labute approximate surface area is 157 Å². The lowest BCUT2D eigenvalue weighted by Gasteiger charge is -2.21. The molecular weight excluding hydrogens is 350 g/mol. The van der Waals surface area contributed by atoms with Crippen molar-refractivity contribution in [1.82, 2.24) is 14.9 Å². The first-order valence-electron chi connectivity index (χ1n) is 8.65. The number of ether oxygens (including phenoxy) is 1. The Balaban J connectivity index is 2.22. The van der Waals surface area contributed by atoms with E-state index in [0.717, 1.165) is 6.42 Å². The smallest absolute Gasteiger partial charge is 0.266 e. The van der Waals surface area contributed by atoms with Crippen LogP contribution in [-0.2, 0) is 4.74 Å². The van der Waals surface area contributed by atoms with Crippen LogP contribution in [0.25, 0.3) is 16.6 Å².